The van der Waals surface area contributed by atoms with E-state index in [4.69, 9.17) is 5.73 Å². The second-order valence-electron chi connectivity index (χ2n) is 8.28. The zero-order valence-corrected chi connectivity index (χ0v) is 19.0. The van der Waals surface area contributed by atoms with Gasteiger partial charge in [0.2, 0.25) is 5.60 Å². The van der Waals surface area contributed by atoms with E-state index in [2.05, 4.69) is 15.3 Å². The summed E-state index contributed by atoms with van der Waals surface area (Å²) in [5, 5.41) is 12.9. The Balaban J connectivity index is 1.79. The molecule has 4 aromatic rings. The molecule has 1 atom stereocenters. The number of hydrogen-bond donors (Lipinski definition) is 3. The van der Waals surface area contributed by atoms with E-state index in [1.807, 2.05) is 0 Å². The highest BCUT2D eigenvalue weighted by Gasteiger charge is 2.55. The zero-order valence-electron chi connectivity index (χ0n) is 19.0. The molecule has 0 saturated carbocycles. The molecule has 0 aliphatic rings. The Labute approximate surface area is 205 Å². The molecule has 0 bridgehead atoms. The number of alkyl halides is 6. The molecule has 4 rings (SSSR count). The molecule has 7 nitrogen and oxygen atoms in total. The molecule has 194 valence electrons. The van der Waals surface area contributed by atoms with E-state index < -0.39 is 47.5 Å². The number of nitrogens with zero attached hydrogens (tertiary/aromatic N) is 3. The van der Waals surface area contributed by atoms with E-state index in [-0.39, 0.29) is 22.5 Å². The van der Waals surface area contributed by atoms with Crippen LogP contribution in [0.4, 0.5) is 32.2 Å². The normalized spacial score (nSPS) is 13.9. The maximum Gasteiger partial charge on any atom is 0.434 e. The van der Waals surface area contributed by atoms with Gasteiger partial charge >= 0.3 is 12.4 Å². The molecule has 0 radical (unpaired) electrons. The number of hydrogen-bond acceptors (Lipinski definition) is 5. The molecule has 0 aliphatic heterocycles. The summed E-state index contributed by atoms with van der Waals surface area (Å²) >= 11 is 0. The van der Waals surface area contributed by atoms with Crippen LogP contribution in [0, 0.1) is 6.92 Å². The first-order chi connectivity index (χ1) is 17.2. The summed E-state index contributed by atoms with van der Waals surface area (Å²) in [6.45, 7) is 0.312. The highest BCUT2D eigenvalue weighted by atomic mass is 19.4. The van der Waals surface area contributed by atoms with Gasteiger partial charge in [0.15, 0.2) is 17.2 Å². The minimum Gasteiger partial charge on any atom is -0.381 e. The predicted octanol–water partition coefficient (Wildman–Crippen LogP) is 4.49. The summed E-state index contributed by atoms with van der Waals surface area (Å²) in [7, 11) is 0. The van der Waals surface area contributed by atoms with Gasteiger partial charge in [0, 0.05) is 17.3 Å². The van der Waals surface area contributed by atoms with Crippen molar-refractivity contribution in [3.63, 3.8) is 0 Å². The van der Waals surface area contributed by atoms with Crippen LogP contribution >= 0.6 is 0 Å². The summed E-state index contributed by atoms with van der Waals surface area (Å²) in [4.78, 5) is 19.6. The van der Waals surface area contributed by atoms with Gasteiger partial charge in [-0.2, -0.15) is 26.3 Å². The van der Waals surface area contributed by atoms with Crippen LogP contribution < -0.4 is 11.1 Å². The fourth-order valence-electron chi connectivity index (χ4n) is 3.77. The summed E-state index contributed by atoms with van der Waals surface area (Å²) in [6, 6.07) is 10.8. The van der Waals surface area contributed by atoms with Crippen molar-refractivity contribution >= 4 is 17.4 Å². The Kier molecular flexibility index (Phi) is 6.36. The number of anilines is 1. The SMILES string of the molecule is Cc1ccc(C(O)(CNC(=O)c2ccccc2)C(F)(F)F)cc1-c1cnc2c(N)nc(C(F)(F)F)cn12. The smallest absolute Gasteiger partial charge is 0.381 e. The molecule has 0 fully saturated rings. The molecule has 0 saturated heterocycles. The quantitative estimate of drug-likeness (QED) is 0.335. The van der Waals surface area contributed by atoms with Crippen molar-refractivity contribution in [2.75, 3.05) is 12.3 Å². The van der Waals surface area contributed by atoms with Crippen LogP contribution in [0.5, 0.6) is 0 Å². The second kappa shape index (κ2) is 9.07. The minimum absolute atomic E-state index is 0.00760. The molecule has 1 amide bonds. The minimum atomic E-state index is -5.22. The number of fused-ring (bicyclic) bond motifs is 1. The van der Waals surface area contributed by atoms with Gasteiger partial charge in [-0.1, -0.05) is 30.3 Å². The van der Waals surface area contributed by atoms with Crippen molar-refractivity contribution in [1.29, 1.82) is 0 Å². The summed E-state index contributed by atoms with van der Waals surface area (Å²) in [5.74, 6) is -1.36. The number of nitrogens with one attached hydrogen (secondary N) is 1. The monoisotopic (exact) mass is 523 g/mol. The van der Waals surface area contributed by atoms with E-state index in [1.165, 1.54) is 37.3 Å². The molecule has 0 aliphatic carbocycles. The number of nitrogen functional groups attached to an aromatic ring is 1. The van der Waals surface area contributed by atoms with Crippen molar-refractivity contribution < 1.29 is 36.2 Å². The number of rotatable bonds is 5. The second-order valence-corrected chi connectivity index (χ2v) is 8.28. The summed E-state index contributed by atoms with van der Waals surface area (Å²) in [6.07, 6.45) is -8.28. The lowest BCUT2D eigenvalue weighted by molar-refractivity contribution is -0.263. The van der Waals surface area contributed by atoms with Gasteiger partial charge in [0.1, 0.15) is 0 Å². The maximum atomic E-state index is 14.1. The van der Waals surface area contributed by atoms with Crippen molar-refractivity contribution in [3.8, 4) is 11.3 Å². The molecule has 1 unspecified atom stereocenters. The Morgan fingerprint density at radius 2 is 1.76 bits per heavy atom. The van der Waals surface area contributed by atoms with Gasteiger partial charge in [-0.05, 0) is 36.2 Å². The lowest BCUT2D eigenvalue weighted by Gasteiger charge is -2.31. The molecule has 0 spiro atoms. The van der Waals surface area contributed by atoms with Crippen LogP contribution in [-0.4, -0.2) is 38.1 Å². The van der Waals surface area contributed by atoms with E-state index >= 15 is 0 Å². The Hall–Kier alpha value is -4.13. The molecule has 2 heterocycles. The van der Waals surface area contributed by atoms with Gasteiger partial charge in [0.05, 0.1) is 18.4 Å². The first kappa shape index (κ1) is 25.9. The molecule has 13 heteroatoms. The Bertz CT molecular complexity index is 1470. The fraction of sp³-hybridized carbons (Fsp3) is 0.208. The fourth-order valence-corrected chi connectivity index (χ4v) is 3.77. The van der Waals surface area contributed by atoms with Crippen LogP contribution in [-0.2, 0) is 11.8 Å². The molecule has 37 heavy (non-hydrogen) atoms. The number of carbonyl (C=O) groups is 1. The van der Waals surface area contributed by atoms with Crippen molar-refractivity contribution in [2.45, 2.75) is 24.9 Å². The van der Waals surface area contributed by atoms with Gasteiger partial charge in [0.25, 0.3) is 5.91 Å². The van der Waals surface area contributed by atoms with Gasteiger partial charge in [-0.15, -0.1) is 0 Å². The number of aromatic nitrogens is 3. The third kappa shape index (κ3) is 4.81. The van der Waals surface area contributed by atoms with Crippen LogP contribution in [0.25, 0.3) is 16.9 Å². The molecule has 2 aromatic heterocycles. The Morgan fingerprint density at radius 3 is 2.38 bits per heavy atom. The maximum absolute atomic E-state index is 14.1. The number of halogens is 6. The lowest BCUT2D eigenvalue weighted by atomic mass is 9.89. The summed E-state index contributed by atoms with van der Waals surface area (Å²) < 4.78 is 83.3. The van der Waals surface area contributed by atoms with Crippen molar-refractivity contribution in [2.24, 2.45) is 0 Å². The van der Waals surface area contributed by atoms with Crippen LogP contribution in [0.1, 0.15) is 27.2 Å². The molecule has 4 N–H and O–H groups in total. The Morgan fingerprint density at radius 1 is 1.08 bits per heavy atom. The number of benzene rings is 2. The van der Waals surface area contributed by atoms with Crippen LogP contribution in [0.2, 0.25) is 0 Å². The van der Waals surface area contributed by atoms with E-state index in [0.717, 1.165) is 22.7 Å². The number of aryl methyl sites for hydroxylation is 1. The van der Waals surface area contributed by atoms with Crippen molar-refractivity contribution in [1.82, 2.24) is 19.7 Å². The zero-order chi connectivity index (χ0) is 27.2. The van der Waals surface area contributed by atoms with Crippen LogP contribution in [0.3, 0.4) is 0 Å². The van der Waals surface area contributed by atoms with Crippen molar-refractivity contribution in [3.05, 3.63) is 83.3 Å². The van der Waals surface area contributed by atoms with Crippen LogP contribution in [0.15, 0.2) is 60.9 Å². The number of amides is 1. The van der Waals surface area contributed by atoms with E-state index in [9.17, 15) is 36.2 Å². The number of nitrogens with two attached hydrogens (primary N) is 1. The third-order valence-corrected chi connectivity index (χ3v) is 5.81. The third-order valence-electron chi connectivity index (χ3n) is 5.81. The number of carbonyl (C=O) groups excluding carboxylic acids is 1. The topological polar surface area (TPSA) is 106 Å². The van der Waals surface area contributed by atoms with Gasteiger partial charge < -0.3 is 16.2 Å². The highest BCUT2D eigenvalue weighted by molar-refractivity contribution is 5.94. The average molecular weight is 523 g/mol. The molecular weight excluding hydrogens is 504 g/mol. The van der Waals surface area contributed by atoms with Gasteiger partial charge in [-0.3, -0.25) is 9.20 Å². The summed E-state index contributed by atoms with van der Waals surface area (Å²) in [5.41, 5.74) is 0.552. The first-order valence-corrected chi connectivity index (χ1v) is 10.7. The molecular formula is C24H19F6N5O2. The average Bonchev–Trinajstić information content (AvgIpc) is 3.26. The standard InChI is InChI=1S/C24H19F6N5O2/c1-13-7-8-15(22(37,24(28,29)30)12-33-21(36)14-5-3-2-4-6-14)9-16(13)17-10-32-20-19(31)34-18(11-35(17)20)23(25,26)27/h2-11,37H,12H2,1H3,(H2,31,34)(H,33,36). The highest BCUT2D eigenvalue weighted by Crippen LogP contribution is 2.41. The number of imidazole rings is 1. The first-order valence-electron chi connectivity index (χ1n) is 10.7. The number of aliphatic hydroxyl groups is 1. The largest absolute Gasteiger partial charge is 0.434 e. The molecule has 2 aromatic carbocycles. The lowest BCUT2D eigenvalue weighted by Crippen LogP contribution is -2.51. The van der Waals surface area contributed by atoms with E-state index in [1.54, 1.807) is 6.07 Å². The predicted molar refractivity (Wildman–Crippen MR) is 121 cm³/mol. The van der Waals surface area contributed by atoms with E-state index in [0.29, 0.717) is 11.8 Å². The van der Waals surface area contributed by atoms with Gasteiger partial charge in [-0.25, -0.2) is 9.97 Å².